The van der Waals surface area contributed by atoms with Crippen LogP contribution in [-0.2, 0) is 16.1 Å². The molecule has 0 aliphatic rings. The van der Waals surface area contributed by atoms with E-state index < -0.39 is 5.97 Å². The molecular formula is C24H20N2O4S. The van der Waals surface area contributed by atoms with Gasteiger partial charge in [-0.05, 0) is 30.5 Å². The summed E-state index contributed by atoms with van der Waals surface area (Å²) in [5.41, 5.74) is 2.83. The Morgan fingerprint density at radius 1 is 1.06 bits per heavy atom. The minimum Gasteiger partial charge on any atom is -0.452 e. The zero-order valence-electron chi connectivity index (χ0n) is 16.8. The Balaban J connectivity index is 1.44. The van der Waals surface area contributed by atoms with Gasteiger partial charge in [-0.15, -0.1) is 11.3 Å². The lowest BCUT2D eigenvalue weighted by molar-refractivity contribution is -0.124. The Morgan fingerprint density at radius 2 is 1.87 bits per heavy atom. The Hall–Kier alpha value is -3.71. The summed E-state index contributed by atoms with van der Waals surface area (Å²) < 4.78 is 11.1. The molecule has 0 bridgehead atoms. The normalized spacial score (nSPS) is 10.6. The summed E-state index contributed by atoms with van der Waals surface area (Å²) in [6, 6.07) is 18.6. The number of aromatic nitrogens is 1. The Morgan fingerprint density at radius 3 is 2.65 bits per heavy atom. The first-order chi connectivity index (χ1) is 15.1. The maximum absolute atomic E-state index is 12.6. The van der Waals surface area contributed by atoms with Crippen LogP contribution in [0.5, 0.6) is 0 Å². The van der Waals surface area contributed by atoms with Gasteiger partial charge in [0, 0.05) is 10.4 Å². The summed E-state index contributed by atoms with van der Waals surface area (Å²) in [5, 5.41) is 4.66. The monoisotopic (exact) mass is 432 g/mol. The van der Waals surface area contributed by atoms with Gasteiger partial charge in [0.25, 0.3) is 5.91 Å². The highest BCUT2D eigenvalue weighted by Crippen LogP contribution is 2.28. The Bertz CT molecular complexity index is 1180. The first-order valence-corrected chi connectivity index (χ1v) is 10.6. The van der Waals surface area contributed by atoms with Gasteiger partial charge in [0.1, 0.15) is 0 Å². The molecule has 2 aromatic heterocycles. The first kappa shape index (κ1) is 20.6. The molecular weight excluding hydrogens is 412 g/mol. The minimum atomic E-state index is -0.614. The molecule has 0 saturated heterocycles. The number of oxazole rings is 1. The quantitative estimate of drug-likeness (QED) is 0.422. The molecule has 0 unspecified atom stereocenters. The van der Waals surface area contributed by atoms with Gasteiger partial charge in [-0.1, -0.05) is 48.0 Å². The SMILES string of the molecule is Cc1ccc(-c2cnc(-c3ccccc3C(=O)OCC(=O)NCc3cccs3)o2)cc1. The van der Waals surface area contributed by atoms with Crippen molar-refractivity contribution in [2.75, 3.05) is 6.61 Å². The van der Waals surface area contributed by atoms with Crippen LogP contribution in [0.25, 0.3) is 22.8 Å². The van der Waals surface area contributed by atoms with E-state index in [9.17, 15) is 9.59 Å². The number of hydrogen-bond donors (Lipinski definition) is 1. The highest BCUT2D eigenvalue weighted by atomic mass is 32.1. The zero-order valence-corrected chi connectivity index (χ0v) is 17.6. The van der Waals surface area contributed by atoms with Crippen molar-refractivity contribution in [2.45, 2.75) is 13.5 Å². The second kappa shape index (κ2) is 9.40. The van der Waals surface area contributed by atoms with Crippen molar-refractivity contribution < 1.29 is 18.7 Å². The minimum absolute atomic E-state index is 0.283. The molecule has 0 radical (unpaired) electrons. The fraction of sp³-hybridized carbons (Fsp3) is 0.125. The lowest BCUT2D eigenvalue weighted by atomic mass is 10.1. The maximum atomic E-state index is 12.6. The van der Waals surface area contributed by atoms with Crippen molar-refractivity contribution in [3.05, 3.63) is 88.2 Å². The number of carbonyl (C=O) groups excluding carboxylic acids is 2. The molecule has 0 atom stereocenters. The van der Waals surface area contributed by atoms with E-state index in [4.69, 9.17) is 9.15 Å². The molecule has 2 heterocycles. The lowest BCUT2D eigenvalue weighted by Gasteiger charge is -2.08. The molecule has 156 valence electrons. The van der Waals surface area contributed by atoms with E-state index in [-0.39, 0.29) is 18.1 Å². The van der Waals surface area contributed by atoms with Crippen LogP contribution in [0.3, 0.4) is 0 Å². The fourth-order valence-electron chi connectivity index (χ4n) is 2.96. The Kier molecular flexibility index (Phi) is 6.24. The number of ether oxygens (including phenoxy) is 1. The molecule has 2 aromatic carbocycles. The first-order valence-electron chi connectivity index (χ1n) is 9.68. The summed E-state index contributed by atoms with van der Waals surface area (Å²) in [6.45, 7) is 2.06. The summed E-state index contributed by atoms with van der Waals surface area (Å²) in [7, 11) is 0. The van der Waals surface area contributed by atoms with Crippen molar-refractivity contribution >= 4 is 23.2 Å². The largest absolute Gasteiger partial charge is 0.452 e. The number of benzene rings is 2. The third kappa shape index (κ3) is 5.07. The van der Waals surface area contributed by atoms with Gasteiger partial charge in [0.15, 0.2) is 12.4 Å². The van der Waals surface area contributed by atoms with Gasteiger partial charge in [-0.25, -0.2) is 9.78 Å². The van der Waals surface area contributed by atoms with Gasteiger partial charge in [-0.3, -0.25) is 4.79 Å². The van der Waals surface area contributed by atoms with Gasteiger partial charge in [0.05, 0.1) is 23.9 Å². The van der Waals surface area contributed by atoms with Crippen LogP contribution in [-0.4, -0.2) is 23.5 Å². The molecule has 1 N–H and O–H groups in total. The van der Waals surface area contributed by atoms with Crippen molar-refractivity contribution in [1.29, 1.82) is 0 Å². The van der Waals surface area contributed by atoms with E-state index >= 15 is 0 Å². The van der Waals surface area contributed by atoms with Crippen LogP contribution >= 0.6 is 11.3 Å². The predicted octanol–water partition coefficient (Wildman–Crippen LogP) is 4.85. The van der Waals surface area contributed by atoms with Gasteiger partial charge in [-0.2, -0.15) is 0 Å². The second-order valence-electron chi connectivity index (χ2n) is 6.87. The fourth-order valence-corrected chi connectivity index (χ4v) is 3.60. The molecule has 0 aliphatic carbocycles. The molecule has 0 fully saturated rings. The number of carbonyl (C=O) groups is 2. The maximum Gasteiger partial charge on any atom is 0.339 e. The lowest BCUT2D eigenvalue weighted by Crippen LogP contribution is -2.28. The molecule has 1 amide bonds. The van der Waals surface area contributed by atoms with Crippen molar-refractivity contribution in [3.63, 3.8) is 0 Å². The van der Waals surface area contributed by atoms with Gasteiger partial charge >= 0.3 is 5.97 Å². The third-order valence-corrected chi connectivity index (χ3v) is 5.47. The number of nitrogens with one attached hydrogen (secondary N) is 1. The summed E-state index contributed by atoms with van der Waals surface area (Å²) in [4.78, 5) is 30.0. The van der Waals surface area contributed by atoms with Gasteiger partial charge in [0.2, 0.25) is 5.89 Å². The van der Waals surface area contributed by atoms with Crippen molar-refractivity contribution in [2.24, 2.45) is 0 Å². The van der Waals surface area contributed by atoms with E-state index in [0.29, 0.717) is 23.8 Å². The van der Waals surface area contributed by atoms with E-state index in [1.165, 1.54) is 0 Å². The van der Waals surface area contributed by atoms with Crippen LogP contribution in [0, 0.1) is 6.92 Å². The molecule has 7 heteroatoms. The van der Waals surface area contributed by atoms with E-state index in [2.05, 4.69) is 10.3 Å². The number of nitrogens with zero attached hydrogens (tertiary/aromatic N) is 1. The standard InChI is InChI=1S/C24H20N2O4S/c1-16-8-10-17(11-9-16)21-14-26-23(30-21)19-6-2-3-7-20(19)24(28)29-15-22(27)25-13-18-5-4-12-31-18/h2-12,14H,13,15H2,1H3,(H,25,27). The van der Waals surface area contributed by atoms with Crippen LogP contribution < -0.4 is 5.32 Å². The third-order valence-electron chi connectivity index (χ3n) is 4.59. The van der Waals surface area contributed by atoms with E-state index in [1.807, 2.05) is 48.7 Å². The second-order valence-corrected chi connectivity index (χ2v) is 7.91. The molecule has 0 spiro atoms. The highest BCUT2D eigenvalue weighted by molar-refractivity contribution is 7.09. The van der Waals surface area contributed by atoms with Crippen LogP contribution in [0.4, 0.5) is 0 Å². The topological polar surface area (TPSA) is 81.4 Å². The van der Waals surface area contributed by atoms with Crippen LogP contribution in [0.15, 0.2) is 76.7 Å². The average Bonchev–Trinajstić information content (AvgIpc) is 3.49. The number of amides is 1. The van der Waals surface area contributed by atoms with Crippen molar-refractivity contribution in [3.8, 4) is 22.8 Å². The van der Waals surface area contributed by atoms with Gasteiger partial charge < -0.3 is 14.5 Å². The summed E-state index contributed by atoms with van der Waals surface area (Å²) in [6.07, 6.45) is 1.63. The van der Waals surface area contributed by atoms with Crippen LogP contribution in [0.2, 0.25) is 0 Å². The Labute approximate surface area is 183 Å². The van der Waals surface area contributed by atoms with Crippen molar-refractivity contribution in [1.82, 2.24) is 10.3 Å². The molecule has 0 aliphatic heterocycles. The summed E-state index contributed by atoms with van der Waals surface area (Å²) >= 11 is 1.55. The number of thiophene rings is 1. The number of hydrogen-bond acceptors (Lipinski definition) is 6. The number of esters is 1. The average molecular weight is 433 g/mol. The smallest absolute Gasteiger partial charge is 0.339 e. The molecule has 31 heavy (non-hydrogen) atoms. The van der Waals surface area contributed by atoms with E-state index in [1.54, 1.807) is 41.8 Å². The molecule has 6 nitrogen and oxygen atoms in total. The molecule has 0 saturated carbocycles. The highest BCUT2D eigenvalue weighted by Gasteiger charge is 2.19. The molecule has 4 aromatic rings. The van der Waals surface area contributed by atoms with Crippen LogP contribution in [0.1, 0.15) is 20.8 Å². The molecule has 4 rings (SSSR count). The zero-order chi connectivity index (χ0) is 21.6. The number of aryl methyl sites for hydroxylation is 1. The number of rotatable bonds is 7. The summed E-state index contributed by atoms with van der Waals surface area (Å²) in [5.74, 6) is -0.0645. The predicted molar refractivity (Wildman–Crippen MR) is 119 cm³/mol. The van der Waals surface area contributed by atoms with E-state index in [0.717, 1.165) is 16.0 Å².